The van der Waals surface area contributed by atoms with Crippen LogP contribution >= 0.6 is 0 Å². The second-order valence-electron chi connectivity index (χ2n) is 3.51. The summed E-state index contributed by atoms with van der Waals surface area (Å²) in [5.74, 6) is 1.29. The van der Waals surface area contributed by atoms with Gasteiger partial charge in [-0.15, -0.1) is 0 Å². The minimum Gasteiger partial charge on any atom is -0.497 e. The number of benzene rings is 1. The molecular weight excluding hydrogens is 216 g/mol. The number of hydrogen-bond donors (Lipinski definition) is 1. The highest BCUT2D eigenvalue weighted by molar-refractivity contribution is 5.80. The maximum Gasteiger partial charge on any atom is 0.221 e. The maximum absolute atomic E-state index is 5.99. The lowest BCUT2D eigenvalue weighted by atomic mass is 10.0. The highest BCUT2D eigenvalue weighted by Crippen LogP contribution is 2.33. The highest BCUT2D eigenvalue weighted by Gasteiger charge is 2.09. The molecule has 88 valence electrons. The van der Waals surface area contributed by atoms with Gasteiger partial charge in [-0.1, -0.05) is 0 Å². The molecule has 0 unspecified atom stereocenters. The van der Waals surface area contributed by atoms with E-state index < -0.39 is 0 Å². The van der Waals surface area contributed by atoms with Crippen molar-refractivity contribution in [3.63, 3.8) is 0 Å². The van der Waals surface area contributed by atoms with Crippen LogP contribution in [0, 0.1) is 0 Å². The standard InChI is InChI=1S/C13H14N2O2/c1-16-9-5-6-10(12(14)8-9)11-4-3-7-15-13(11)17-2/h3-8H,14H2,1-2H3. The van der Waals surface area contributed by atoms with Crippen molar-refractivity contribution in [2.75, 3.05) is 20.0 Å². The van der Waals surface area contributed by atoms with E-state index in [0.717, 1.165) is 16.9 Å². The molecule has 4 nitrogen and oxygen atoms in total. The van der Waals surface area contributed by atoms with Crippen molar-refractivity contribution in [2.45, 2.75) is 0 Å². The first kappa shape index (κ1) is 11.3. The number of methoxy groups -OCH3 is 2. The number of hydrogen-bond acceptors (Lipinski definition) is 4. The summed E-state index contributed by atoms with van der Waals surface area (Å²) in [6.07, 6.45) is 1.68. The van der Waals surface area contributed by atoms with E-state index in [-0.39, 0.29) is 0 Å². The third-order valence-electron chi connectivity index (χ3n) is 2.51. The first-order valence-corrected chi connectivity index (χ1v) is 5.19. The van der Waals surface area contributed by atoms with Gasteiger partial charge in [-0.05, 0) is 24.3 Å². The Morgan fingerprint density at radius 1 is 1.06 bits per heavy atom. The van der Waals surface area contributed by atoms with Gasteiger partial charge in [-0.3, -0.25) is 0 Å². The number of anilines is 1. The lowest BCUT2D eigenvalue weighted by molar-refractivity contribution is 0.399. The maximum atomic E-state index is 5.99. The Hall–Kier alpha value is -2.23. The number of nitrogens with two attached hydrogens (primary N) is 1. The zero-order valence-corrected chi connectivity index (χ0v) is 9.81. The molecule has 0 bridgehead atoms. The second kappa shape index (κ2) is 4.74. The van der Waals surface area contributed by atoms with Gasteiger partial charge in [0.25, 0.3) is 0 Å². The van der Waals surface area contributed by atoms with E-state index >= 15 is 0 Å². The molecule has 0 atom stereocenters. The number of ether oxygens (including phenoxy) is 2. The number of rotatable bonds is 3. The summed E-state index contributed by atoms with van der Waals surface area (Å²) in [5.41, 5.74) is 8.38. The molecule has 0 saturated carbocycles. The Morgan fingerprint density at radius 3 is 2.53 bits per heavy atom. The molecule has 2 rings (SSSR count). The first-order valence-electron chi connectivity index (χ1n) is 5.19. The lowest BCUT2D eigenvalue weighted by Gasteiger charge is -2.10. The minimum absolute atomic E-state index is 0.560. The Bertz CT molecular complexity index is 527. The number of pyridine rings is 1. The van der Waals surface area contributed by atoms with Crippen molar-refractivity contribution in [3.05, 3.63) is 36.5 Å². The van der Waals surface area contributed by atoms with Crippen LogP contribution in [0.5, 0.6) is 11.6 Å². The van der Waals surface area contributed by atoms with Gasteiger partial charge in [0.15, 0.2) is 0 Å². The predicted octanol–water partition coefficient (Wildman–Crippen LogP) is 2.35. The molecular formula is C13H14N2O2. The molecule has 1 aromatic carbocycles. The average molecular weight is 230 g/mol. The Morgan fingerprint density at radius 2 is 1.88 bits per heavy atom. The van der Waals surface area contributed by atoms with Crippen molar-refractivity contribution < 1.29 is 9.47 Å². The Balaban J connectivity index is 2.53. The Kier molecular flexibility index (Phi) is 3.14. The van der Waals surface area contributed by atoms with Crippen LogP contribution in [0.15, 0.2) is 36.5 Å². The summed E-state index contributed by atoms with van der Waals surface area (Å²) >= 11 is 0. The van der Waals surface area contributed by atoms with Crippen LogP contribution in [-0.2, 0) is 0 Å². The summed E-state index contributed by atoms with van der Waals surface area (Å²) < 4.78 is 10.3. The Labute approximate surface area is 100 Å². The smallest absolute Gasteiger partial charge is 0.221 e. The molecule has 1 aromatic heterocycles. The second-order valence-corrected chi connectivity index (χ2v) is 3.51. The molecule has 0 amide bonds. The van der Waals surface area contributed by atoms with E-state index in [2.05, 4.69) is 4.98 Å². The van der Waals surface area contributed by atoms with Crippen LogP contribution < -0.4 is 15.2 Å². The fraction of sp³-hybridized carbons (Fsp3) is 0.154. The van der Waals surface area contributed by atoms with Crippen molar-refractivity contribution in [1.82, 2.24) is 4.98 Å². The molecule has 0 spiro atoms. The zero-order chi connectivity index (χ0) is 12.3. The zero-order valence-electron chi connectivity index (χ0n) is 9.81. The molecule has 4 heteroatoms. The van der Waals surface area contributed by atoms with E-state index in [1.807, 2.05) is 24.3 Å². The van der Waals surface area contributed by atoms with Crippen LogP contribution in [0.3, 0.4) is 0 Å². The normalized spacial score (nSPS) is 10.0. The summed E-state index contributed by atoms with van der Waals surface area (Å²) in [7, 11) is 3.20. The SMILES string of the molecule is COc1ccc(-c2cccnc2OC)c(N)c1. The summed E-state index contributed by atoms with van der Waals surface area (Å²) in [6.45, 7) is 0. The van der Waals surface area contributed by atoms with E-state index in [9.17, 15) is 0 Å². The molecule has 2 aromatic rings. The number of nitrogen functional groups attached to an aromatic ring is 1. The third-order valence-corrected chi connectivity index (χ3v) is 2.51. The monoisotopic (exact) mass is 230 g/mol. The average Bonchev–Trinajstić information content (AvgIpc) is 2.38. The van der Waals surface area contributed by atoms with Crippen molar-refractivity contribution >= 4 is 5.69 Å². The molecule has 17 heavy (non-hydrogen) atoms. The number of aromatic nitrogens is 1. The molecule has 0 aliphatic rings. The first-order chi connectivity index (χ1) is 8.26. The van der Waals surface area contributed by atoms with Crippen LogP contribution in [0.4, 0.5) is 5.69 Å². The fourth-order valence-corrected chi connectivity index (χ4v) is 1.67. The van der Waals surface area contributed by atoms with E-state index in [1.54, 1.807) is 26.5 Å². The number of nitrogens with zero attached hydrogens (tertiary/aromatic N) is 1. The van der Waals surface area contributed by atoms with Gasteiger partial charge in [0.05, 0.1) is 14.2 Å². The predicted molar refractivity (Wildman–Crippen MR) is 67.2 cm³/mol. The quantitative estimate of drug-likeness (QED) is 0.822. The van der Waals surface area contributed by atoms with E-state index in [4.69, 9.17) is 15.2 Å². The molecule has 0 radical (unpaired) electrons. The van der Waals surface area contributed by atoms with Gasteiger partial charge in [0.1, 0.15) is 5.75 Å². The van der Waals surface area contributed by atoms with Gasteiger partial charge in [0, 0.05) is 29.1 Å². The van der Waals surface area contributed by atoms with Gasteiger partial charge >= 0.3 is 0 Å². The van der Waals surface area contributed by atoms with E-state index in [0.29, 0.717) is 11.6 Å². The van der Waals surface area contributed by atoms with Crippen molar-refractivity contribution in [2.24, 2.45) is 0 Å². The molecule has 0 saturated heterocycles. The fourth-order valence-electron chi connectivity index (χ4n) is 1.67. The van der Waals surface area contributed by atoms with Gasteiger partial charge < -0.3 is 15.2 Å². The van der Waals surface area contributed by atoms with Crippen LogP contribution in [-0.4, -0.2) is 19.2 Å². The molecule has 0 aliphatic heterocycles. The van der Waals surface area contributed by atoms with Crippen LogP contribution in [0.2, 0.25) is 0 Å². The topological polar surface area (TPSA) is 57.4 Å². The van der Waals surface area contributed by atoms with Crippen LogP contribution in [0.25, 0.3) is 11.1 Å². The lowest BCUT2D eigenvalue weighted by Crippen LogP contribution is -1.95. The largest absolute Gasteiger partial charge is 0.497 e. The third kappa shape index (κ3) is 2.15. The molecule has 0 fully saturated rings. The summed E-state index contributed by atoms with van der Waals surface area (Å²) in [5, 5.41) is 0. The highest BCUT2D eigenvalue weighted by atomic mass is 16.5. The van der Waals surface area contributed by atoms with Crippen molar-refractivity contribution in [3.8, 4) is 22.8 Å². The van der Waals surface area contributed by atoms with Gasteiger partial charge in [0.2, 0.25) is 5.88 Å². The van der Waals surface area contributed by atoms with E-state index in [1.165, 1.54) is 0 Å². The van der Waals surface area contributed by atoms with Crippen molar-refractivity contribution in [1.29, 1.82) is 0 Å². The van der Waals surface area contributed by atoms with Gasteiger partial charge in [-0.2, -0.15) is 0 Å². The minimum atomic E-state index is 0.560. The molecule has 1 heterocycles. The summed E-state index contributed by atoms with van der Waals surface area (Å²) in [4.78, 5) is 4.15. The van der Waals surface area contributed by atoms with Gasteiger partial charge in [-0.25, -0.2) is 4.98 Å². The summed E-state index contributed by atoms with van der Waals surface area (Å²) in [6, 6.07) is 9.30. The molecule has 0 aliphatic carbocycles. The molecule has 2 N–H and O–H groups in total. The van der Waals surface area contributed by atoms with Crippen LogP contribution in [0.1, 0.15) is 0 Å².